The Labute approximate surface area is 146 Å². The molecule has 0 bridgehead atoms. The van der Waals surface area contributed by atoms with Gasteiger partial charge in [0.15, 0.2) is 5.96 Å². The number of benzene rings is 1. The summed E-state index contributed by atoms with van der Waals surface area (Å²) in [5, 5.41) is 11.4. The van der Waals surface area contributed by atoms with Gasteiger partial charge in [0, 0.05) is 23.2 Å². The van der Waals surface area contributed by atoms with Crippen LogP contribution in [0.25, 0.3) is 11.4 Å². The molecule has 0 atom stereocenters. The summed E-state index contributed by atoms with van der Waals surface area (Å²) >= 11 is 5.89. The van der Waals surface area contributed by atoms with Crippen molar-refractivity contribution < 1.29 is 4.52 Å². The Hall–Kier alpha value is -2.08. The number of hydrogen-bond donors (Lipinski definition) is 2. The first-order valence-corrected chi connectivity index (χ1v) is 8.76. The number of rotatable bonds is 5. The van der Waals surface area contributed by atoms with Crippen LogP contribution in [0, 0.1) is 0 Å². The molecule has 2 N–H and O–H groups in total. The lowest BCUT2D eigenvalue weighted by atomic mass is 10.2. The van der Waals surface area contributed by atoms with Gasteiger partial charge in [-0.1, -0.05) is 29.6 Å². The molecule has 6 nitrogen and oxygen atoms in total. The maximum Gasteiger partial charge on any atom is 0.248 e. The third kappa shape index (κ3) is 4.47. The number of guanidine groups is 1. The van der Waals surface area contributed by atoms with E-state index in [9.17, 15) is 0 Å². The molecule has 1 heterocycles. The predicted octanol–water partition coefficient (Wildman–Crippen LogP) is 3.39. The van der Waals surface area contributed by atoms with Crippen molar-refractivity contribution in [3.8, 4) is 11.4 Å². The molecule has 0 amide bonds. The average molecular weight is 348 g/mol. The molecule has 1 aliphatic carbocycles. The molecule has 0 unspecified atom stereocenters. The Balaban J connectivity index is 1.64. The van der Waals surface area contributed by atoms with Crippen LogP contribution in [0.1, 0.15) is 38.5 Å². The minimum atomic E-state index is 0.350. The van der Waals surface area contributed by atoms with Gasteiger partial charge in [-0.25, -0.2) is 4.99 Å². The first-order valence-electron chi connectivity index (χ1n) is 8.38. The standard InChI is InChI=1S/C17H22ClN5O/c1-2-19-17(21-14-5-3-4-6-14)20-11-15-22-16(23-24-15)12-7-9-13(18)10-8-12/h7-10,14H,2-6,11H2,1H3,(H2,19,20,21). The van der Waals surface area contributed by atoms with Gasteiger partial charge in [-0.2, -0.15) is 4.98 Å². The molecule has 1 aromatic heterocycles. The van der Waals surface area contributed by atoms with E-state index in [1.54, 1.807) is 12.1 Å². The Kier molecular flexibility index (Phi) is 5.69. The number of aliphatic imine (C=N–C) groups is 1. The van der Waals surface area contributed by atoms with Crippen molar-refractivity contribution in [3.05, 3.63) is 35.2 Å². The number of nitrogens with one attached hydrogen (secondary N) is 2. The van der Waals surface area contributed by atoms with E-state index in [4.69, 9.17) is 16.1 Å². The second kappa shape index (κ2) is 8.15. The second-order valence-electron chi connectivity index (χ2n) is 5.84. The summed E-state index contributed by atoms with van der Waals surface area (Å²) < 4.78 is 5.29. The zero-order valence-corrected chi connectivity index (χ0v) is 14.5. The molecule has 7 heteroatoms. The van der Waals surface area contributed by atoms with Gasteiger partial charge in [-0.15, -0.1) is 0 Å². The third-order valence-electron chi connectivity index (χ3n) is 3.98. The van der Waals surface area contributed by atoms with E-state index in [-0.39, 0.29) is 0 Å². The van der Waals surface area contributed by atoms with Crippen LogP contribution in [-0.4, -0.2) is 28.7 Å². The normalized spacial score (nSPS) is 15.7. The van der Waals surface area contributed by atoms with Crippen LogP contribution >= 0.6 is 11.6 Å². The van der Waals surface area contributed by atoms with E-state index in [1.807, 2.05) is 12.1 Å². The van der Waals surface area contributed by atoms with Gasteiger partial charge in [0.25, 0.3) is 0 Å². The van der Waals surface area contributed by atoms with Gasteiger partial charge in [0.2, 0.25) is 11.7 Å². The number of nitrogens with zero attached hydrogens (tertiary/aromatic N) is 3. The molecule has 1 saturated carbocycles. The lowest BCUT2D eigenvalue weighted by molar-refractivity contribution is 0.380. The van der Waals surface area contributed by atoms with Crippen molar-refractivity contribution in [2.24, 2.45) is 4.99 Å². The quantitative estimate of drug-likeness (QED) is 0.640. The minimum Gasteiger partial charge on any atom is -0.357 e. The van der Waals surface area contributed by atoms with Crippen molar-refractivity contribution in [1.29, 1.82) is 0 Å². The Morgan fingerprint density at radius 1 is 1.29 bits per heavy atom. The molecule has 3 rings (SSSR count). The number of hydrogen-bond acceptors (Lipinski definition) is 4. The molecule has 1 fully saturated rings. The first kappa shape index (κ1) is 16.8. The monoisotopic (exact) mass is 347 g/mol. The lowest BCUT2D eigenvalue weighted by Crippen LogP contribution is -2.42. The van der Waals surface area contributed by atoms with Crippen LogP contribution in [-0.2, 0) is 6.54 Å². The molecule has 0 spiro atoms. The van der Waals surface area contributed by atoms with Crippen LogP contribution in [0.2, 0.25) is 5.02 Å². The maximum atomic E-state index is 5.89. The third-order valence-corrected chi connectivity index (χ3v) is 4.24. The molecule has 128 valence electrons. The van der Waals surface area contributed by atoms with Crippen LogP contribution < -0.4 is 10.6 Å². The van der Waals surface area contributed by atoms with Gasteiger partial charge < -0.3 is 15.2 Å². The molecule has 2 aromatic rings. The molecule has 24 heavy (non-hydrogen) atoms. The van der Waals surface area contributed by atoms with Crippen molar-refractivity contribution in [2.75, 3.05) is 6.54 Å². The van der Waals surface area contributed by atoms with E-state index >= 15 is 0 Å². The van der Waals surface area contributed by atoms with E-state index in [2.05, 4.69) is 32.7 Å². The summed E-state index contributed by atoms with van der Waals surface area (Å²) in [6.07, 6.45) is 4.97. The van der Waals surface area contributed by atoms with Gasteiger partial charge in [-0.05, 0) is 44.0 Å². The molecule has 0 aliphatic heterocycles. The Bertz CT molecular complexity index is 677. The summed E-state index contributed by atoms with van der Waals surface area (Å²) in [6, 6.07) is 7.85. The SMILES string of the molecule is CCNC(=NCc1nc(-c2ccc(Cl)cc2)no1)NC1CCCC1. The van der Waals surface area contributed by atoms with Gasteiger partial charge in [0.1, 0.15) is 6.54 Å². The van der Waals surface area contributed by atoms with Gasteiger partial charge >= 0.3 is 0 Å². The van der Waals surface area contributed by atoms with Crippen LogP contribution in [0.3, 0.4) is 0 Å². The molecular formula is C17H22ClN5O. The zero-order chi connectivity index (χ0) is 16.8. The van der Waals surface area contributed by atoms with Crippen LogP contribution in [0.5, 0.6) is 0 Å². The van der Waals surface area contributed by atoms with Gasteiger partial charge in [-0.3, -0.25) is 0 Å². The molecule has 1 aromatic carbocycles. The van der Waals surface area contributed by atoms with E-state index < -0.39 is 0 Å². The highest BCUT2D eigenvalue weighted by Gasteiger charge is 2.16. The molecule has 0 radical (unpaired) electrons. The largest absolute Gasteiger partial charge is 0.357 e. The molecule has 0 saturated heterocycles. The summed E-state index contributed by atoms with van der Waals surface area (Å²) in [6.45, 7) is 3.22. The first-order chi connectivity index (χ1) is 11.7. The predicted molar refractivity (Wildman–Crippen MR) is 95.0 cm³/mol. The fourth-order valence-corrected chi connectivity index (χ4v) is 2.89. The van der Waals surface area contributed by atoms with E-state index in [0.717, 1.165) is 18.1 Å². The van der Waals surface area contributed by atoms with Crippen molar-refractivity contribution in [1.82, 2.24) is 20.8 Å². The summed E-state index contributed by atoms with van der Waals surface area (Å²) in [4.78, 5) is 8.94. The highest BCUT2D eigenvalue weighted by molar-refractivity contribution is 6.30. The fraction of sp³-hybridized carbons (Fsp3) is 0.471. The van der Waals surface area contributed by atoms with Crippen LogP contribution in [0.15, 0.2) is 33.8 Å². The topological polar surface area (TPSA) is 75.3 Å². The number of aromatic nitrogens is 2. The lowest BCUT2D eigenvalue weighted by Gasteiger charge is -2.16. The van der Waals surface area contributed by atoms with E-state index in [0.29, 0.717) is 29.3 Å². The van der Waals surface area contributed by atoms with E-state index in [1.165, 1.54) is 25.7 Å². The summed E-state index contributed by atoms with van der Waals surface area (Å²) in [7, 11) is 0. The smallest absolute Gasteiger partial charge is 0.248 e. The summed E-state index contributed by atoms with van der Waals surface area (Å²) in [5.74, 6) is 1.84. The average Bonchev–Trinajstić information content (AvgIpc) is 3.25. The highest BCUT2D eigenvalue weighted by atomic mass is 35.5. The summed E-state index contributed by atoms with van der Waals surface area (Å²) in [5.41, 5.74) is 0.870. The minimum absolute atomic E-state index is 0.350. The van der Waals surface area contributed by atoms with Gasteiger partial charge in [0.05, 0.1) is 0 Å². The van der Waals surface area contributed by atoms with Crippen molar-refractivity contribution in [2.45, 2.75) is 45.2 Å². The fourth-order valence-electron chi connectivity index (χ4n) is 2.77. The maximum absolute atomic E-state index is 5.89. The molecular weight excluding hydrogens is 326 g/mol. The highest BCUT2D eigenvalue weighted by Crippen LogP contribution is 2.19. The Morgan fingerprint density at radius 3 is 2.75 bits per heavy atom. The number of halogens is 1. The second-order valence-corrected chi connectivity index (χ2v) is 6.28. The Morgan fingerprint density at radius 2 is 2.04 bits per heavy atom. The van der Waals surface area contributed by atoms with Crippen LogP contribution in [0.4, 0.5) is 0 Å². The van der Waals surface area contributed by atoms with Crippen molar-refractivity contribution in [3.63, 3.8) is 0 Å². The van der Waals surface area contributed by atoms with Crippen molar-refractivity contribution >= 4 is 17.6 Å². The zero-order valence-electron chi connectivity index (χ0n) is 13.8. The molecule has 1 aliphatic rings.